The Morgan fingerprint density at radius 3 is 2.00 bits per heavy atom. The number of hydrogen-bond donors (Lipinski definition) is 0. The van der Waals surface area contributed by atoms with Crippen LogP contribution in [0.1, 0.15) is 0 Å². The summed E-state index contributed by atoms with van der Waals surface area (Å²) in [5, 5.41) is 0. The molecule has 1 rings (SSSR count). The molecule has 0 aromatic rings. The quantitative estimate of drug-likeness (QED) is 0.214. The summed E-state index contributed by atoms with van der Waals surface area (Å²) in [6.45, 7) is 0.0752. The van der Waals surface area contributed by atoms with E-state index in [0.29, 0.717) is 0 Å². The molecule has 0 spiro atoms. The van der Waals surface area contributed by atoms with Gasteiger partial charge in [0.1, 0.15) is 10.1 Å². The Bertz CT molecular complexity index is 157. The molecule has 1 aliphatic heterocycles. The summed E-state index contributed by atoms with van der Waals surface area (Å²) in [5.41, 5.74) is -1.03. The molecule has 1 atom stereocenters. The molecule has 0 aromatic carbocycles. The first kappa shape index (κ1) is 8.87. The van der Waals surface area contributed by atoms with Crippen molar-refractivity contribution in [2.45, 2.75) is 5.44 Å². The van der Waals surface area contributed by atoms with Gasteiger partial charge in [0, 0.05) is 0 Å². The van der Waals surface area contributed by atoms with Gasteiger partial charge in [-0.15, -0.1) is 0 Å². The molecule has 0 N–H and O–H groups in total. The largest absolute Gasteiger partial charge is 1.00 e. The Morgan fingerprint density at radius 1 is 1.62 bits per heavy atom. The van der Waals surface area contributed by atoms with Crippen molar-refractivity contribution in [3.63, 3.8) is 0 Å². The summed E-state index contributed by atoms with van der Waals surface area (Å²) in [6, 6.07) is 0. The number of ether oxygens (including phenoxy) is 1. The van der Waals surface area contributed by atoms with Gasteiger partial charge in [0.25, 0.3) is 0 Å². The van der Waals surface area contributed by atoms with Gasteiger partial charge in [-0.05, 0) is 0 Å². The van der Waals surface area contributed by atoms with Crippen LogP contribution in [-0.4, -0.2) is 25.0 Å². The van der Waals surface area contributed by atoms with Crippen LogP contribution >= 0.6 is 0 Å². The van der Waals surface area contributed by atoms with Crippen LogP contribution in [0, 0.1) is 0 Å². The molecular formula is C2H3NaO4S. The van der Waals surface area contributed by atoms with Gasteiger partial charge < -0.3 is 9.29 Å². The summed E-state index contributed by atoms with van der Waals surface area (Å²) in [6.07, 6.45) is 0. The zero-order chi connectivity index (χ0) is 5.49. The van der Waals surface area contributed by atoms with Gasteiger partial charge in [-0.1, -0.05) is 0 Å². The van der Waals surface area contributed by atoms with E-state index in [2.05, 4.69) is 4.74 Å². The number of rotatable bonds is 1. The first-order valence-electron chi connectivity index (χ1n) is 1.67. The Balaban J connectivity index is 0.000000490. The smallest absolute Gasteiger partial charge is 0.746 e. The molecule has 1 unspecified atom stereocenters. The second-order valence-electron chi connectivity index (χ2n) is 1.26. The standard InChI is InChI=1S/C2H4O4S.Na/c3-7(4,5)2-1-6-2;/h2H,1H2,(H,3,4,5);/q;+1/p-1. The molecule has 0 radical (unpaired) electrons. The third kappa shape index (κ3) is 2.43. The molecule has 42 valence electrons. The SMILES string of the molecule is O=S(=O)([O-])C1CO1.[Na+]. The summed E-state index contributed by atoms with van der Waals surface area (Å²) in [4.78, 5) is 0. The zero-order valence-electron chi connectivity index (χ0n) is 4.33. The van der Waals surface area contributed by atoms with Gasteiger partial charge in [0.2, 0.25) is 0 Å². The van der Waals surface area contributed by atoms with Gasteiger partial charge in [0.05, 0.1) is 6.61 Å². The van der Waals surface area contributed by atoms with Gasteiger partial charge in [-0.3, -0.25) is 0 Å². The maximum Gasteiger partial charge on any atom is 1.00 e. The van der Waals surface area contributed by atoms with Crippen LogP contribution < -0.4 is 29.6 Å². The minimum absolute atomic E-state index is 0. The molecule has 0 bridgehead atoms. The van der Waals surface area contributed by atoms with E-state index >= 15 is 0 Å². The minimum Gasteiger partial charge on any atom is -0.746 e. The van der Waals surface area contributed by atoms with Crippen molar-refractivity contribution < 1.29 is 47.3 Å². The zero-order valence-corrected chi connectivity index (χ0v) is 7.14. The van der Waals surface area contributed by atoms with E-state index in [4.69, 9.17) is 0 Å². The Kier molecular flexibility index (Phi) is 2.92. The summed E-state index contributed by atoms with van der Waals surface area (Å²) < 4.78 is 33.3. The molecule has 1 fully saturated rings. The van der Waals surface area contributed by atoms with E-state index in [0.717, 1.165) is 0 Å². The van der Waals surface area contributed by atoms with Crippen LogP contribution in [0.4, 0.5) is 0 Å². The molecule has 1 saturated heterocycles. The van der Waals surface area contributed by atoms with Crippen molar-refractivity contribution in [2.75, 3.05) is 6.61 Å². The average molecular weight is 146 g/mol. The van der Waals surface area contributed by atoms with Crippen molar-refractivity contribution in [3.05, 3.63) is 0 Å². The molecule has 1 aliphatic rings. The third-order valence-corrected chi connectivity index (χ3v) is 1.54. The molecule has 1 heterocycles. The van der Waals surface area contributed by atoms with Gasteiger partial charge in [-0.2, -0.15) is 0 Å². The first-order chi connectivity index (χ1) is 3.11. The van der Waals surface area contributed by atoms with E-state index in [1.165, 1.54) is 0 Å². The summed E-state index contributed by atoms with van der Waals surface area (Å²) in [5.74, 6) is 0. The monoisotopic (exact) mass is 146 g/mol. The molecular weight excluding hydrogens is 143 g/mol. The normalized spacial score (nSPS) is 26.4. The second kappa shape index (κ2) is 2.64. The van der Waals surface area contributed by atoms with E-state index in [1.54, 1.807) is 0 Å². The van der Waals surface area contributed by atoms with Crippen molar-refractivity contribution >= 4 is 10.1 Å². The fourth-order valence-electron chi connectivity index (χ4n) is 0.206. The van der Waals surface area contributed by atoms with Crippen molar-refractivity contribution in [1.29, 1.82) is 0 Å². The predicted octanol–water partition coefficient (Wildman–Crippen LogP) is -4.11. The molecule has 0 aromatic heterocycles. The van der Waals surface area contributed by atoms with E-state index < -0.39 is 15.6 Å². The fourth-order valence-corrected chi connectivity index (χ4v) is 0.618. The van der Waals surface area contributed by atoms with Crippen LogP contribution in [-0.2, 0) is 14.9 Å². The van der Waals surface area contributed by atoms with Crippen LogP contribution in [0.25, 0.3) is 0 Å². The van der Waals surface area contributed by atoms with Crippen LogP contribution in [0.3, 0.4) is 0 Å². The van der Waals surface area contributed by atoms with Gasteiger partial charge in [-0.25, -0.2) is 8.42 Å². The molecule has 0 aliphatic carbocycles. The summed E-state index contributed by atoms with van der Waals surface area (Å²) >= 11 is 0. The predicted molar refractivity (Wildman–Crippen MR) is 19.4 cm³/mol. The maximum atomic E-state index is 9.71. The van der Waals surface area contributed by atoms with Gasteiger partial charge in [0.15, 0.2) is 5.44 Å². The molecule has 8 heavy (non-hydrogen) atoms. The molecule has 0 saturated carbocycles. The van der Waals surface area contributed by atoms with Crippen LogP contribution in [0.15, 0.2) is 0 Å². The number of hydrogen-bond acceptors (Lipinski definition) is 4. The van der Waals surface area contributed by atoms with E-state index in [1.807, 2.05) is 0 Å². The Hall–Kier alpha value is 0.870. The first-order valence-corrected chi connectivity index (χ1v) is 3.14. The molecule has 0 amide bonds. The van der Waals surface area contributed by atoms with Crippen molar-refractivity contribution in [1.82, 2.24) is 0 Å². The minimum atomic E-state index is -4.10. The van der Waals surface area contributed by atoms with Gasteiger partial charge >= 0.3 is 29.6 Å². The summed E-state index contributed by atoms with van der Waals surface area (Å²) in [7, 11) is -4.10. The van der Waals surface area contributed by atoms with Crippen LogP contribution in [0.2, 0.25) is 0 Å². The number of epoxide rings is 1. The van der Waals surface area contributed by atoms with Crippen molar-refractivity contribution in [3.8, 4) is 0 Å². The Labute approximate surface area is 69.3 Å². The fraction of sp³-hybridized carbons (Fsp3) is 1.00. The molecule has 4 nitrogen and oxygen atoms in total. The maximum absolute atomic E-state index is 9.71. The van der Waals surface area contributed by atoms with Crippen molar-refractivity contribution in [2.24, 2.45) is 0 Å². The van der Waals surface area contributed by atoms with E-state index in [-0.39, 0.29) is 36.2 Å². The third-order valence-electron chi connectivity index (χ3n) is 0.625. The van der Waals surface area contributed by atoms with Crippen LogP contribution in [0.5, 0.6) is 0 Å². The average Bonchev–Trinajstić information content (AvgIpc) is 1.99. The van der Waals surface area contributed by atoms with E-state index in [9.17, 15) is 13.0 Å². The Morgan fingerprint density at radius 2 is 2.00 bits per heavy atom. The second-order valence-corrected chi connectivity index (χ2v) is 2.77. The topological polar surface area (TPSA) is 69.7 Å². The molecule has 6 heteroatoms.